The first-order valence-electron chi connectivity index (χ1n) is 12.8. The van der Waals surface area contributed by atoms with Gasteiger partial charge in [0.1, 0.15) is 10.6 Å². The molecule has 0 spiro atoms. The second-order valence-corrected chi connectivity index (χ2v) is 11.3. The van der Waals surface area contributed by atoms with Gasteiger partial charge in [-0.3, -0.25) is 4.72 Å². The van der Waals surface area contributed by atoms with E-state index in [4.69, 9.17) is 27.4 Å². The molecule has 0 aliphatic rings. The summed E-state index contributed by atoms with van der Waals surface area (Å²) in [6.07, 6.45) is 6.58. The number of hydrogen-bond acceptors (Lipinski definition) is 12. The van der Waals surface area contributed by atoms with Gasteiger partial charge in [0.25, 0.3) is 0 Å². The number of nitrogens with zero attached hydrogens (tertiary/aromatic N) is 5. The first-order chi connectivity index (χ1) is 21.4. The molecule has 0 aliphatic carbocycles. The summed E-state index contributed by atoms with van der Waals surface area (Å²) < 4.78 is 25.5. The third kappa shape index (κ3) is 7.25. The van der Waals surface area contributed by atoms with Gasteiger partial charge in [-0.25, -0.2) is 24.1 Å². The zero-order valence-corrected chi connectivity index (χ0v) is 26.1. The second-order valence-electron chi connectivity index (χ2n) is 8.69. The van der Waals surface area contributed by atoms with Crippen molar-refractivity contribution in [3.63, 3.8) is 0 Å². The third-order valence-corrected chi connectivity index (χ3v) is 8.13. The molecule has 1 unspecified atom stereocenters. The number of H-pyrrole nitrogens is 1. The molecular weight excluding hydrogens is 623 g/mol. The van der Waals surface area contributed by atoms with Crippen molar-refractivity contribution in [2.24, 2.45) is 0 Å². The molecule has 7 N–H and O–H groups in total. The van der Waals surface area contributed by atoms with E-state index in [1.165, 1.54) is 11.3 Å². The maximum absolute atomic E-state index is 12.3. The lowest BCUT2D eigenvalue weighted by Crippen LogP contribution is -2.18. The number of thiazole rings is 1. The van der Waals surface area contributed by atoms with Gasteiger partial charge in [0, 0.05) is 48.2 Å². The minimum absolute atomic E-state index is 0.244. The van der Waals surface area contributed by atoms with Crippen LogP contribution >= 0.6 is 23.6 Å². The molecule has 0 amide bonds. The number of nitrogens with one attached hydrogen (secondary N) is 5. The van der Waals surface area contributed by atoms with Gasteiger partial charge >= 0.3 is 0 Å². The van der Waals surface area contributed by atoms with Crippen molar-refractivity contribution in [1.82, 2.24) is 29.9 Å². The zero-order valence-electron chi connectivity index (χ0n) is 23.6. The SMILES string of the molecule is CNc1cnc(NC(=S)Nc2ccc(S(=O)Nc3ncccn3)cc2)s1.COc1cc2[nH]c3nc(N)ncc3c2cc1OC. The first-order valence-corrected chi connectivity index (χ1v) is 15.2. The Morgan fingerprint density at radius 1 is 0.977 bits per heavy atom. The van der Waals surface area contributed by atoms with Crippen LogP contribution in [0.25, 0.3) is 21.9 Å². The summed E-state index contributed by atoms with van der Waals surface area (Å²) in [4.78, 5) is 24.1. The van der Waals surface area contributed by atoms with E-state index in [1.54, 1.807) is 69.3 Å². The van der Waals surface area contributed by atoms with Gasteiger partial charge in [0.2, 0.25) is 11.9 Å². The molecule has 0 saturated heterocycles. The lowest BCUT2D eigenvalue weighted by molar-refractivity contribution is 0.356. The fourth-order valence-corrected chi connectivity index (χ4v) is 5.61. The van der Waals surface area contributed by atoms with Crippen LogP contribution in [0.4, 0.5) is 27.7 Å². The summed E-state index contributed by atoms with van der Waals surface area (Å²) >= 11 is 6.73. The number of aromatic nitrogens is 6. The molecule has 4 aromatic heterocycles. The minimum Gasteiger partial charge on any atom is -0.493 e. The molecule has 17 heteroatoms. The smallest absolute Gasteiger partial charge is 0.234 e. The highest BCUT2D eigenvalue weighted by atomic mass is 32.2. The Labute approximate surface area is 263 Å². The van der Waals surface area contributed by atoms with Gasteiger partial charge in [0.05, 0.1) is 30.8 Å². The number of nitrogen functional groups attached to an aromatic ring is 1. The summed E-state index contributed by atoms with van der Waals surface area (Å²) in [5.41, 5.74) is 7.94. The first kappa shape index (κ1) is 30.3. The highest BCUT2D eigenvalue weighted by Crippen LogP contribution is 2.35. The van der Waals surface area contributed by atoms with Crippen LogP contribution in [-0.4, -0.2) is 60.5 Å². The Balaban J connectivity index is 0.000000186. The van der Waals surface area contributed by atoms with E-state index >= 15 is 0 Å². The van der Waals surface area contributed by atoms with Crippen LogP contribution in [0.5, 0.6) is 11.5 Å². The van der Waals surface area contributed by atoms with E-state index in [-0.39, 0.29) is 5.95 Å². The number of ether oxygens (including phenoxy) is 2. The average molecular weight is 650 g/mol. The van der Waals surface area contributed by atoms with E-state index in [0.717, 1.165) is 27.0 Å². The van der Waals surface area contributed by atoms with Crippen molar-refractivity contribution in [3.05, 3.63) is 67.3 Å². The van der Waals surface area contributed by atoms with E-state index in [0.29, 0.717) is 38.2 Å². The number of anilines is 5. The number of rotatable bonds is 8. The van der Waals surface area contributed by atoms with Gasteiger partial charge in [0.15, 0.2) is 32.7 Å². The molecule has 0 radical (unpaired) electrons. The number of benzene rings is 2. The van der Waals surface area contributed by atoms with E-state index in [1.807, 2.05) is 19.2 Å². The van der Waals surface area contributed by atoms with Crippen molar-refractivity contribution < 1.29 is 13.7 Å². The maximum atomic E-state index is 12.3. The maximum Gasteiger partial charge on any atom is 0.234 e. The second kappa shape index (κ2) is 13.9. The van der Waals surface area contributed by atoms with Crippen molar-refractivity contribution in [1.29, 1.82) is 0 Å². The monoisotopic (exact) mass is 649 g/mol. The molecule has 4 heterocycles. The molecular formula is C27H27N11O3S3. The third-order valence-electron chi connectivity index (χ3n) is 5.92. The molecule has 0 bridgehead atoms. The number of thiocarbonyl (C=S) groups is 1. The van der Waals surface area contributed by atoms with Crippen LogP contribution in [0.1, 0.15) is 0 Å². The molecule has 2 aromatic carbocycles. The standard InChI is InChI=1S/C15H15N7OS3.C12H12N4O2/c1-16-12-9-19-15(25-12)21-14(24)20-10-3-5-11(6-4-10)26(23)22-13-17-7-2-8-18-13;1-17-9-3-6-7-5-14-12(13)16-11(7)15-8(6)4-10(9)18-2/h2-9,16H,1H3,(H,17,18,22)(H2,19,20,21,24);3-5H,1-2H3,(H3,13,14,15,16). The molecule has 44 heavy (non-hydrogen) atoms. The van der Waals surface area contributed by atoms with Gasteiger partial charge in [-0.2, -0.15) is 4.98 Å². The minimum atomic E-state index is -1.45. The Morgan fingerprint density at radius 3 is 2.39 bits per heavy atom. The topological polar surface area (TPSA) is 190 Å². The number of fused-ring (bicyclic) bond motifs is 3. The molecule has 226 valence electrons. The Morgan fingerprint density at radius 2 is 1.70 bits per heavy atom. The number of aromatic amines is 1. The Bertz CT molecular complexity index is 1920. The number of hydrogen-bond donors (Lipinski definition) is 6. The van der Waals surface area contributed by atoms with Crippen LogP contribution in [-0.2, 0) is 11.0 Å². The van der Waals surface area contributed by atoms with Gasteiger partial charge in [-0.15, -0.1) is 0 Å². The number of methoxy groups -OCH3 is 2. The van der Waals surface area contributed by atoms with Crippen molar-refractivity contribution in [2.75, 3.05) is 47.7 Å². The largest absolute Gasteiger partial charge is 0.493 e. The highest BCUT2D eigenvalue weighted by molar-refractivity contribution is 7.86. The summed E-state index contributed by atoms with van der Waals surface area (Å²) in [5, 5.41) is 13.0. The molecule has 0 aliphatic heterocycles. The molecule has 14 nitrogen and oxygen atoms in total. The fraction of sp³-hybridized carbons (Fsp3) is 0.111. The quantitative estimate of drug-likeness (QED) is 0.125. The van der Waals surface area contributed by atoms with Crippen LogP contribution < -0.4 is 35.9 Å². The molecule has 0 saturated carbocycles. The summed E-state index contributed by atoms with van der Waals surface area (Å²) in [6, 6.07) is 12.5. The fourth-order valence-electron chi connectivity index (χ4n) is 3.88. The van der Waals surface area contributed by atoms with Crippen LogP contribution in [0, 0.1) is 0 Å². The van der Waals surface area contributed by atoms with E-state index in [9.17, 15) is 4.21 Å². The highest BCUT2D eigenvalue weighted by Gasteiger charge is 2.12. The van der Waals surface area contributed by atoms with Gasteiger partial charge < -0.3 is 36.1 Å². The number of nitrogens with two attached hydrogens (primary N) is 1. The Kier molecular flexibility index (Phi) is 9.58. The zero-order chi connectivity index (χ0) is 31.1. The summed E-state index contributed by atoms with van der Waals surface area (Å²) in [7, 11) is 3.59. The summed E-state index contributed by atoms with van der Waals surface area (Å²) in [5.74, 6) is 1.89. The van der Waals surface area contributed by atoms with Crippen molar-refractivity contribution in [3.8, 4) is 11.5 Å². The van der Waals surface area contributed by atoms with Crippen molar-refractivity contribution >= 4 is 89.3 Å². The predicted octanol–water partition coefficient (Wildman–Crippen LogP) is 4.63. The van der Waals surface area contributed by atoms with E-state index < -0.39 is 11.0 Å². The van der Waals surface area contributed by atoms with Crippen molar-refractivity contribution in [2.45, 2.75) is 4.90 Å². The van der Waals surface area contributed by atoms with Crippen LogP contribution in [0.2, 0.25) is 0 Å². The molecule has 0 fully saturated rings. The molecule has 6 aromatic rings. The van der Waals surface area contributed by atoms with Crippen LogP contribution in [0.3, 0.4) is 0 Å². The molecule has 6 rings (SSSR count). The van der Waals surface area contributed by atoms with Gasteiger partial charge in [-0.05, 0) is 48.6 Å². The predicted molar refractivity (Wildman–Crippen MR) is 179 cm³/mol. The lowest BCUT2D eigenvalue weighted by Gasteiger charge is -2.09. The Hall–Kier alpha value is -5.13. The van der Waals surface area contributed by atoms with E-state index in [2.05, 4.69) is 50.6 Å². The van der Waals surface area contributed by atoms with Gasteiger partial charge in [-0.1, -0.05) is 11.3 Å². The lowest BCUT2D eigenvalue weighted by atomic mass is 10.2. The normalized spacial score (nSPS) is 11.2. The molecule has 1 atom stereocenters. The summed E-state index contributed by atoms with van der Waals surface area (Å²) in [6.45, 7) is 0. The average Bonchev–Trinajstić information content (AvgIpc) is 3.64. The van der Waals surface area contributed by atoms with Crippen LogP contribution in [0.15, 0.2) is 72.1 Å².